The van der Waals surface area contributed by atoms with Gasteiger partial charge in [-0.25, -0.2) is 0 Å². The molecule has 0 amide bonds. The normalized spacial score (nSPS) is 7.47. The van der Waals surface area contributed by atoms with Crippen molar-refractivity contribution in [1.82, 2.24) is 0 Å². The molecule has 0 unspecified atom stereocenters. The molecule has 2 aromatic carbocycles. The molecule has 2 aromatic rings. The largest absolute Gasteiger partial charge is 2.00 e. The van der Waals surface area contributed by atoms with E-state index in [2.05, 4.69) is 62.4 Å². The molecular weight excluding hydrogens is 234 g/mol. The van der Waals surface area contributed by atoms with Gasteiger partial charge >= 0.3 is 19.5 Å². The monoisotopic (exact) mass is 250 g/mol. The summed E-state index contributed by atoms with van der Waals surface area (Å²) in [7, 11) is 0. The Hall–Kier alpha value is -0.677. The summed E-state index contributed by atoms with van der Waals surface area (Å²) in [5.74, 6) is 0. The van der Waals surface area contributed by atoms with Crippen LogP contribution < -0.4 is 0 Å². The first kappa shape index (κ1) is 16.7. The topological polar surface area (TPSA) is 0 Å². The summed E-state index contributed by atoms with van der Waals surface area (Å²) < 4.78 is 0. The van der Waals surface area contributed by atoms with Crippen LogP contribution in [-0.4, -0.2) is 0 Å². The predicted octanol–water partition coefficient (Wildman–Crippen LogP) is 4.52. The quantitative estimate of drug-likeness (QED) is 0.477. The van der Waals surface area contributed by atoms with Gasteiger partial charge in [0.05, 0.1) is 0 Å². The molecule has 1 heteroatoms. The minimum atomic E-state index is 0. The Balaban J connectivity index is 0. The van der Waals surface area contributed by atoms with Gasteiger partial charge < -0.3 is 13.8 Å². The van der Waals surface area contributed by atoms with Gasteiger partial charge in [-0.15, -0.1) is 0 Å². The molecular formula is C14H18Zn. The number of hydrogen-bond donors (Lipinski definition) is 0. The third kappa shape index (κ3) is 5.69. The molecule has 0 aliphatic rings. The van der Waals surface area contributed by atoms with Gasteiger partial charge in [0.25, 0.3) is 0 Å². The van der Waals surface area contributed by atoms with Crippen molar-refractivity contribution < 1.29 is 19.5 Å². The van der Waals surface area contributed by atoms with Crippen molar-refractivity contribution in [3.8, 4) is 0 Å². The average Bonchev–Trinajstić information content (AvgIpc) is 2.34. The maximum absolute atomic E-state index is 3.25. The van der Waals surface area contributed by atoms with E-state index in [1.54, 1.807) is 13.8 Å². The van der Waals surface area contributed by atoms with Crippen LogP contribution in [-0.2, 0) is 19.5 Å². The van der Waals surface area contributed by atoms with Gasteiger partial charge in [-0.3, -0.25) is 0 Å². The van der Waals surface area contributed by atoms with Gasteiger partial charge in [0.1, 0.15) is 0 Å². The van der Waals surface area contributed by atoms with Crippen molar-refractivity contribution in [2.24, 2.45) is 0 Å². The summed E-state index contributed by atoms with van der Waals surface area (Å²) >= 11 is 0. The standard InChI is InChI=1S/C10H8.2C2H5.Zn/c1-2-6-10-8-4-3-7-9(10)5-1;2*1-2;/h1-8H;2*1H2,2H3;/q;2*-1;+2. The summed E-state index contributed by atoms with van der Waals surface area (Å²) in [6, 6.07) is 16.7. The predicted molar refractivity (Wildman–Crippen MR) is 66.0 cm³/mol. The van der Waals surface area contributed by atoms with E-state index in [0.717, 1.165) is 0 Å². The van der Waals surface area contributed by atoms with E-state index in [1.165, 1.54) is 10.8 Å². The third-order valence-electron chi connectivity index (χ3n) is 1.66. The smallest absolute Gasteiger partial charge is 0.346 e. The summed E-state index contributed by atoms with van der Waals surface area (Å²) in [5, 5.41) is 2.62. The van der Waals surface area contributed by atoms with Gasteiger partial charge in [-0.05, 0) is 10.8 Å². The molecule has 0 atom stereocenters. The fourth-order valence-electron chi connectivity index (χ4n) is 1.13. The first-order valence-corrected chi connectivity index (χ1v) is 4.82. The molecule has 0 radical (unpaired) electrons. The zero-order chi connectivity index (χ0) is 10.8. The first-order chi connectivity index (χ1) is 6.97. The third-order valence-corrected chi connectivity index (χ3v) is 1.66. The molecule has 0 aromatic heterocycles. The van der Waals surface area contributed by atoms with E-state index in [0.29, 0.717) is 0 Å². The van der Waals surface area contributed by atoms with Crippen LogP contribution in [0.2, 0.25) is 0 Å². The maximum atomic E-state index is 3.25. The van der Waals surface area contributed by atoms with Crippen LogP contribution >= 0.6 is 0 Å². The second-order valence-electron chi connectivity index (χ2n) is 2.35. The second-order valence-corrected chi connectivity index (χ2v) is 2.35. The van der Waals surface area contributed by atoms with Gasteiger partial charge in [-0.1, -0.05) is 48.5 Å². The van der Waals surface area contributed by atoms with Crippen LogP contribution in [0.3, 0.4) is 0 Å². The Morgan fingerprint density at radius 3 is 1.00 bits per heavy atom. The summed E-state index contributed by atoms with van der Waals surface area (Å²) in [4.78, 5) is 0. The molecule has 0 heterocycles. The molecule has 0 fully saturated rings. The van der Waals surface area contributed by atoms with E-state index < -0.39 is 0 Å². The van der Waals surface area contributed by atoms with Crippen molar-refractivity contribution in [2.45, 2.75) is 13.8 Å². The Kier molecular flexibility index (Phi) is 12.7. The summed E-state index contributed by atoms with van der Waals surface area (Å²) in [6.45, 7) is 10.0. The zero-order valence-corrected chi connectivity index (χ0v) is 12.7. The fourth-order valence-corrected chi connectivity index (χ4v) is 1.13. The zero-order valence-electron chi connectivity index (χ0n) is 9.74. The van der Waals surface area contributed by atoms with Crippen molar-refractivity contribution in [1.29, 1.82) is 0 Å². The number of hydrogen-bond acceptors (Lipinski definition) is 0. The molecule has 0 N–H and O–H groups in total. The van der Waals surface area contributed by atoms with E-state index in [4.69, 9.17) is 0 Å². The molecule has 0 aliphatic carbocycles. The first-order valence-electron chi connectivity index (χ1n) is 4.82. The Morgan fingerprint density at radius 1 is 0.600 bits per heavy atom. The van der Waals surface area contributed by atoms with Gasteiger partial charge in [-0.2, -0.15) is 13.8 Å². The maximum Gasteiger partial charge on any atom is 2.00 e. The minimum Gasteiger partial charge on any atom is -0.346 e. The van der Waals surface area contributed by atoms with Gasteiger partial charge in [0, 0.05) is 0 Å². The molecule has 0 saturated carbocycles. The van der Waals surface area contributed by atoms with Crippen LogP contribution in [0.25, 0.3) is 10.8 Å². The van der Waals surface area contributed by atoms with Gasteiger partial charge in [0.2, 0.25) is 0 Å². The van der Waals surface area contributed by atoms with Crippen LogP contribution in [0.1, 0.15) is 13.8 Å². The SMILES string of the molecule is [CH2-]C.[CH2-]C.[Zn+2].c1ccc2ccccc2c1. The summed E-state index contributed by atoms with van der Waals surface area (Å²) in [5.41, 5.74) is 0. The number of benzene rings is 2. The average molecular weight is 252 g/mol. The van der Waals surface area contributed by atoms with E-state index >= 15 is 0 Å². The Morgan fingerprint density at radius 2 is 0.800 bits per heavy atom. The fraction of sp³-hybridized carbons (Fsp3) is 0.143. The molecule has 2 rings (SSSR count). The van der Waals surface area contributed by atoms with Gasteiger partial charge in [0.15, 0.2) is 0 Å². The molecule has 0 spiro atoms. The molecule has 15 heavy (non-hydrogen) atoms. The molecule has 0 nitrogen and oxygen atoms in total. The van der Waals surface area contributed by atoms with Crippen molar-refractivity contribution in [2.75, 3.05) is 0 Å². The Labute approximate surface area is 106 Å². The van der Waals surface area contributed by atoms with Crippen LogP contribution in [0.5, 0.6) is 0 Å². The molecule has 0 bridgehead atoms. The molecule has 0 saturated heterocycles. The number of rotatable bonds is 0. The van der Waals surface area contributed by atoms with E-state index in [9.17, 15) is 0 Å². The van der Waals surface area contributed by atoms with Crippen molar-refractivity contribution >= 4 is 10.8 Å². The van der Waals surface area contributed by atoms with Crippen LogP contribution in [0.4, 0.5) is 0 Å². The molecule has 76 valence electrons. The second kappa shape index (κ2) is 11.4. The number of fused-ring (bicyclic) bond motifs is 1. The minimum absolute atomic E-state index is 0. The van der Waals surface area contributed by atoms with E-state index in [1.807, 2.05) is 0 Å². The van der Waals surface area contributed by atoms with Crippen molar-refractivity contribution in [3.63, 3.8) is 0 Å². The van der Waals surface area contributed by atoms with Crippen LogP contribution in [0, 0.1) is 13.8 Å². The van der Waals surface area contributed by atoms with Crippen LogP contribution in [0.15, 0.2) is 48.5 Å². The summed E-state index contributed by atoms with van der Waals surface area (Å²) in [6.07, 6.45) is 0. The van der Waals surface area contributed by atoms with E-state index in [-0.39, 0.29) is 19.5 Å². The Bertz CT molecular complexity index is 276. The van der Waals surface area contributed by atoms with Crippen molar-refractivity contribution in [3.05, 3.63) is 62.4 Å². The molecule has 0 aliphatic heterocycles.